The number of hydrogen-bond donors (Lipinski definition) is 1. The van der Waals surface area contributed by atoms with E-state index in [-0.39, 0.29) is 6.04 Å². The Hall–Kier alpha value is -1.91. The number of ether oxygens (including phenoxy) is 3. The van der Waals surface area contributed by atoms with Gasteiger partial charge in [-0.2, -0.15) is 0 Å². The van der Waals surface area contributed by atoms with E-state index in [0.29, 0.717) is 11.5 Å². The van der Waals surface area contributed by atoms with Crippen molar-refractivity contribution in [2.75, 3.05) is 21.3 Å². The van der Waals surface area contributed by atoms with Gasteiger partial charge in [-0.15, -0.1) is 0 Å². The molecule has 0 aliphatic heterocycles. The first-order valence-electron chi connectivity index (χ1n) is 5.18. The minimum atomic E-state index is -0.484. The second-order valence-electron chi connectivity index (χ2n) is 3.47. The number of amides is 1. The molecule has 5 heteroatoms. The fourth-order valence-electron chi connectivity index (χ4n) is 1.49. The van der Waals surface area contributed by atoms with E-state index in [1.165, 1.54) is 7.11 Å². The quantitative estimate of drug-likeness (QED) is 0.874. The number of rotatable bonds is 4. The van der Waals surface area contributed by atoms with Gasteiger partial charge in [0.05, 0.1) is 27.4 Å². The maximum absolute atomic E-state index is 11.1. The van der Waals surface area contributed by atoms with E-state index in [9.17, 15) is 4.79 Å². The number of methoxy groups -OCH3 is 3. The van der Waals surface area contributed by atoms with Crippen molar-refractivity contribution in [2.24, 2.45) is 0 Å². The van der Waals surface area contributed by atoms with Gasteiger partial charge in [0.25, 0.3) is 0 Å². The van der Waals surface area contributed by atoms with Gasteiger partial charge < -0.3 is 19.5 Å². The van der Waals surface area contributed by atoms with Crippen LogP contribution in [-0.4, -0.2) is 27.4 Å². The highest BCUT2D eigenvalue weighted by Crippen LogP contribution is 2.29. The third kappa shape index (κ3) is 3.27. The standard InChI is InChI=1S/C12H17NO4/c1-8(13-12(14)17-4)10-7-9(15-2)5-6-11(10)16-3/h5-8H,1-4H3,(H,13,14). The summed E-state index contributed by atoms with van der Waals surface area (Å²) in [7, 11) is 4.49. The van der Waals surface area contributed by atoms with E-state index in [4.69, 9.17) is 9.47 Å². The van der Waals surface area contributed by atoms with Crippen molar-refractivity contribution in [3.05, 3.63) is 23.8 Å². The van der Waals surface area contributed by atoms with E-state index in [1.807, 2.05) is 13.0 Å². The van der Waals surface area contributed by atoms with Gasteiger partial charge in [0.15, 0.2) is 0 Å². The molecule has 0 bridgehead atoms. The van der Waals surface area contributed by atoms with Crippen molar-refractivity contribution in [3.8, 4) is 11.5 Å². The molecule has 0 saturated carbocycles. The second-order valence-corrected chi connectivity index (χ2v) is 3.47. The van der Waals surface area contributed by atoms with Crippen molar-refractivity contribution >= 4 is 6.09 Å². The summed E-state index contributed by atoms with van der Waals surface area (Å²) < 4.78 is 14.9. The molecular formula is C12H17NO4. The van der Waals surface area contributed by atoms with Crippen molar-refractivity contribution < 1.29 is 19.0 Å². The second kappa shape index (κ2) is 5.98. The van der Waals surface area contributed by atoms with E-state index in [2.05, 4.69) is 10.1 Å². The molecule has 0 fully saturated rings. The van der Waals surface area contributed by atoms with Crippen molar-refractivity contribution in [1.29, 1.82) is 0 Å². The first-order chi connectivity index (χ1) is 8.12. The van der Waals surface area contributed by atoms with Crippen LogP contribution >= 0.6 is 0 Å². The van der Waals surface area contributed by atoms with Gasteiger partial charge in [-0.1, -0.05) is 0 Å². The van der Waals surface area contributed by atoms with Crippen LogP contribution in [0.5, 0.6) is 11.5 Å². The molecule has 5 nitrogen and oxygen atoms in total. The molecule has 1 rings (SSSR count). The summed E-state index contributed by atoms with van der Waals surface area (Å²) in [5.41, 5.74) is 0.831. The molecule has 0 aromatic heterocycles. The van der Waals surface area contributed by atoms with Crippen molar-refractivity contribution in [2.45, 2.75) is 13.0 Å². The number of benzene rings is 1. The topological polar surface area (TPSA) is 56.8 Å². The summed E-state index contributed by atoms with van der Waals surface area (Å²) in [5, 5.41) is 2.68. The zero-order valence-corrected chi connectivity index (χ0v) is 10.4. The third-order valence-corrected chi connectivity index (χ3v) is 2.42. The van der Waals surface area contributed by atoms with Crippen LogP contribution < -0.4 is 14.8 Å². The van der Waals surface area contributed by atoms with Crippen molar-refractivity contribution in [1.82, 2.24) is 5.32 Å². The summed E-state index contributed by atoms with van der Waals surface area (Å²) in [4.78, 5) is 11.1. The molecule has 0 radical (unpaired) electrons. The Morgan fingerprint density at radius 1 is 1.24 bits per heavy atom. The van der Waals surface area contributed by atoms with Crippen molar-refractivity contribution in [3.63, 3.8) is 0 Å². The maximum atomic E-state index is 11.1. The van der Waals surface area contributed by atoms with Gasteiger partial charge in [0.1, 0.15) is 11.5 Å². The highest BCUT2D eigenvalue weighted by molar-refractivity contribution is 5.67. The lowest BCUT2D eigenvalue weighted by Gasteiger charge is -2.17. The third-order valence-electron chi connectivity index (χ3n) is 2.42. The van der Waals surface area contributed by atoms with Crippen LogP contribution in [0.3, 0.4) is 0 Å². The lowest BCUT2D eigenvalue weighted by Crippen LogP contribution is -2.26. The monoisotopic (exact) mass is 239 g/mol. The number of carbonyl (C=O) groups is 1. The van der Waals surface area contributed by atoms with Crippen LogP contribution in [0.2, 0.25) is 0 Å². The SMILES string of the molecule is COC(=O)NC(C)c1cc(OC)ccc1OC. The Kier molecular flexibility index (Phi) is 4.63. The van der Waals surface area contributed by atoms with Crippen LogP contribution in [0, 0.1) is 0 Å². The van der Waals surface area contributed by atoms with E-state index in [1.54, 1.807) is 26.4 Å². The predicted octanol–water partition coefficient (Wildman–Crippen LogP) is 2.12. The average Bonchev–Trinajstić information content (AvgIpc) is 2.37. The molecule has 1 aromatic carbocycles. The minimum Gasteiger partial charge on any atom is -0.497 e. The maximum Gasteiger partial charge on any atom is 0.407 e. The smallest absolute Gasteiger partial charge is 0.407 e. The Morgan fingerprint density at radius 2 is 1.94 bits per heavy atom. The molecule has 1 atom stereocenters. The Balaban J connectivity index is 2.96. The summed E-state index contributed by atoms with van der Waals surface area (Å²) in [6.45, 7) is 1.84. The first kappa shape index (κ1) is 13.2. The highest BCUT2D eigenvalue weighted by atomic mass is 16.5. The van der Waals surface area contributed by atoms with Crippen LogP contribution in [0.4, 0.5) is 4.79 Å². The summed E-state index contributed by atoms with van der Waals surface area (Å²) >= 11 is 0. The van der Waals surface area contributed by atoms with Crippen LogP contribution in [0.1, 0.15) is 18.5 Å². The van der Waals surface area contributed by atoms with E-state index >= 15 is 0 Å². The van der Waals surface area contributed by atoms with Crippen LogP contribution in [-0.2, 0) is 4.74 Å². The molecule has 0 aliphatic carbocycles. The van der Waals surface area contributed by atoms with Gasteiger partial charge in [-0.25, -0.2) is 4.79 Å². The minimum absolute atomic E-state index is 0.229. The largest absolute Gasteiger partial charge is 0.497 e. The first-order valence-corrected chi connectivity index (χ1v) is 5.18. The molecule has 94 valence electrons. The molecular weight excluding hydrogens is 222 g/mol. The molecule has 0 aliphatic rings. The lowest BCUT2D eigenvalue weighted by atomic mass is 10.1. The van der Waals surface area contributed by atoms with Gasteiger partial charge in [0, 0.05) is 5.56 Å². The van der Waals surface area contributed by atoms with Crippen LogP contribution in [0.25, 0.3) is 0 Å². The van der Waals surface area contributed by atoms with Gasteiger partial charge >= 0.3 is 6.09 Å². The van der Waals surface area contributed by atoms with Gasteiger partial charge in [-0.3, -0.25) is 0 Å². The molecule has 1 amide bonds. The highest BCUT2D eigenvalue weighted by Gasteiger charge is 2.15. The number of carbonyl (C=O) groups excluding carboxylic acids is 1. The molecule has 1 unspecified atom stereocenters. The fourth-order valence-corrected chi connectivity index (χ4v) is 1.49. The fraction of sp³-hybridized carbons (Fsp3) is 0.417. The Bertz CT molecular complexity index is 392. The van der Waals surface area contributed by atoms with Gasteiger partial charge in [0.2, 0.25) is 0 Å². The molecule has 1 aromatic rings. The summed E-state index contributed by atoms with van der Waals surface area (Å²) in [6, 6.07) is 5.18. The normalized spacial score (nSPS) is 11.5. The molecule has 1 N–H and O–H groups in total. The summed E-state index contributed by atoms with van der Waals surface area (Å²) in [6.07, 6.45) is -0.484. The molecule has 0 saturated heterocycles. The van der Waals surface area contributed by atoms with E-state index < -0.39 is 6.09 Å². The lowest BCUT2D eigenvalue weighted by molar-refractivity contribution is 0.167. The molecule has 17 heavy (non-hydrogen) atoms. The predicted molar refractivity (Wildman–Crippen MR) is 63.5 cm³/mol. The number of alkyl carbamates (subject to hydrolysis) is 1. The summed E-state index contributed by atoms with van der Waals surface area (Å²) in [5.74, 6) is 1.40. The molecule has 0 spiro atoms. The Morgan fingerprint density at radius 3 is 2.47 bits per heavy atom. The Labute approximate surface area is 101 Å². The zero-order valence-electron chi connectivity index (χ0n) is 10.4. The zero-order chi connectivity index (χ0) is 12.8. The van der Waals surface area contributed by atoms with Gasteiger partial charge in [-0.05, 0) is 25.1 Å². The van der Waals surface area contributed by atoms with Crippen LogP contribution in [0.15, 0.2) is 18.2 Å². The molecule has 0 heterocycles. The van der Waals surface area contributed by atoms with E-state index in [0.717, 1.165) is 5.56 Å². The number of hydrogen-bond acceptors (Lipinski definition) is 4. The average molecular weight is 239 g/mol. The number of nitrogens with one attached hydrogen (secondary N) is 1.